The van der Waals surface area contributed by atoms with Crippen LogP contribution in [0.5, 0.6) is 0 Å². The number of carbonyl (C=O) groups is 1. The molecular formula is C22H28N2O2. The topological polar surface area (TPSA) is 56.3 Å². The number of piperidine rings is 2. The second-order valence-electron chi connectivity index (χ2n) is 8.79. The SMILES string of the molecule is CCC1CC2(O)CC(C2)N1C(=O)CC(c1c[nH]c2ccccc12)C1CC1. The standard InChI is InChI=1S/C22H28N2O2/c1-2-15-10-22(26)11-16(12-22)24(15)21(25)9-18(14-7-8-14)19-13-23-20-6-4-3-5-17(19)20/h3-6,13-16,18,23,26H,2,7-12H2,1H3. The number of H-pyrrole nitrogens is 1. The summed E-state index contributed by atoms with van der Waals surface area (Å²) in [5, 5.41) is 11.7. The average Bonchev–Trinajstić information content (AvgIpc) is 3.37. The largest absolute Gasteiger partial charge is 0.390 e. The monoisotopic (exact) mass is 352 g/mol. The predicted molar refractivity (Wildman–Crippen MR) is 102 cm³/mol. The van der Waals surface area contributed by atoms with Gasteiger partial charge in [-0.25, -0.2) is 0 Å². The number of nitrogens with zero attached hydrogens (tertiary/aromatic N) is 1. The van der Waals surface area contributed by atoms with Crippen LogP contribution in [0.3, 0.4) is 0 Å². The summed E-state index contributed by atoms with van der Waals surface area (Å²) in [6.07, 6.45) is 8.44. The van der Waals surface area contributed by atoms with Crippen molar-refractivity contribution in [3.8, 4) is 0 Å². The maximum absolute atomic E-state index is 13.3. The van der Waals surface area contributed by atoms with Gasteiger partial charge in [-0.15, -0.1) is 0 Å². The smallest absolute Gasteiger partial charge is 0.223 e. The molecule has 2 saturated heterocycles. The van der Waals surface area contributed by atoms with Crippen LogP contribution in [-0.4, -0.2) is 38.6 Å². The zero-order valence-corrected chi connectivity index (χ0v) is 15.4. The van der Waals surface area contributed by atoms with Crippen molar-refractivity contribution in [3.05, 3.63) is 36.0 Å². The molecule has 4 fully saturated rings. The lowest BCUT2D eigenvalue weighted by atomic mass is 9.66. The van der Waals surface area contributed by atoms with Crippen LogP contribution in [-0.2, 0) is 4.79 Å². The van der Waals surface area contributed by atoms with Gasteiger partial charge < -0.3 is 15.0 Å². The van der Waals surface area contributed by atoms with Crippen LogP contribution in [0, 0.1) is 5.92 Å². The van der Waals surface area contributed by atoms with Gasteiger partial charge in [-0.1, -0.05) is 25.1 Å². The van der Waals surface area contributed by atoms with Crippen molar-refractivity contribution in [2.45, 2.75) is 75.5 Å². The van der Waals surface area contributed by atoms with Crippen molar-refractivity contribution < 1.29 is 9.90 Å². The Morgan fingerprint density at radius 1 is 1.31 bits per heavy atom. The number of nitrogens with one attached hydrogen (secondary N) is 1. The van der Waals surface area contributed by atoms with Crippen molar-refractivity contribution >= 4 is 16.8 Å². The summed E-state index contributed by atoms with van der Waals surface area (Å²) in [5.74, 6) is 1.25. The Morgan fingerprint density at radius 2 is 2.08 bits per heavy atom. The van der Waals surface area contributed by atoms with Gasteiger partial charge in [0.15, 0.2) is 0 Å². The number of carbonyl (C=O) groups excluding carboxylic acids is 1. The molecule has 4 nitrogen and oxygen atoms in total. The summed E-state index contributed by atoms with van der Waals surface area (Å²) in [4.78, 5) is 18.8. The lowest BCUT2D eigenvalue weighted by Gasteiger charge is -2.58. The Morgan fingerprint density at radius 3 is 2.81 bits per heavy atom. The van der Waals surface area contributed by atoms with Gasteiger partial charge >= 0.3 is 0 Å². The predicted octanol–water partition coefficient (Wildman–Crippen LogP) is 3.96. The molecule has 2 aliphatic heterocycles. The molecule has 2 N–H and O–H groups in total. The molecule has 2 aliphatic carbocycles. The first-order chi connectivity index (χ1) is 12.6. The van der Waals surface area contributed by atoms with Gasteiger partial charge in [-0.2, -0.15) is 0 Å². The van der Waals surface area contributed by atoms with Gasteiger partial charge in [0.2, 0.25) is 5.91 Å². The average molecular weight is 352 g/mol. The number of aromatic amines is 1. The normalized spacial score (nSPS) is 31.7. The van der Waals surface area contributed by atoms with E-state index >= 15 is 0 Å². The fraction of sp³-hybridized carbons (Fsp3) is 0.591. The molecule has 1 amide bonds. The van der Waals surface area contributed by atoms with Crippen molar-refractivity contribution in [1.29, 1.82) is 0 Å². The number of benzene rings is 1. The summed E-state index contributed by atoms with van der Waals surface area (Å²) in [6.45, 7) is 2.14. The summed E-state index contributed by atoms with van der Waals surface area (Å²) < 4.78 is 0. The van der Waals surface area contributed by atoms with Gasteiger partial charge in [-0.05, 0) is 62.0 Å². The van der Waals surface area contributed by atoms with Crippen LogP contribution in [0.1, 0.15) is 63.4 Å². The van der Waals surface area contributed by atoms with Crippen molar-refractivity contribution in [2.24, 2.45) is 5.92 Å². The molecule has 138 valence electrons. The Kier molecular flexibility index (Phi) is 3.68. The Labute approximate surface area is 154 Å². The molecule has 2 atom stereocenters. The summed E-state index contributed by atoms with van der Waals surface area (Å²) in [7, 11) is 0. The minimum absolute atomic E-state index is 0.211. The molecule has 6 rings (SSSR count). The zero-order valence-electron chi connectivity index (χ0n) is 15.4. The minimum Gasteiger partial charge on any atom is -0.390 e. The van der Waals surface area contributed by atoms with Gasteiger partial charge in [0.1, 0.15) is 0 Å². The first kappa shape index (κ1) is 16.4. The molecule has 0 spiro atoms. The summed E-state index contributed by atoms with van der Waals surface area (Å²) in [5.41, 5.74) is 1.98. The number of hydrogen-bond donors (Lipinski definition) is 2. The van der Waals surface area contributed by atoms with E-state index in [1.165, 1.54) is 23.8 Å². The third kappa shape index (κ3) is 2.58. The number of rotatable bonds is 5. The fourth-order valence-corrected chi connectivity index (χ4v) is 5.49. The van der Waals surface area contributed by atoms with E-state index < -0.39 is 5.60 Å². The molecule has 2 unspecified atom stereocenters. The molecule has 4 aliphatic rings. The van der Waals surface area contributed by atoms with E-state index in [4.69, 9.17) is 0 Å². The van der Waals surface area contributed by atoms with E-state index in [9.17, 15) is 9.90 Å². The highest BCUT2D eigenvalue weighted by Gasteiger charge is 2.54. The first-order valence-corrected chi connectivity index (χ1v) is 10.2. The summed E-state index contributed by atoms with van der Waals surface area (Å²) in [6, 6.07) is 8.88. The van der Waals surface area contributed by atoms with Crippen molar-refractivity contribution in [2.75, 3.05) is 0 Å². The van der Waals surface area contributed by atoms with Gasteiger partial charge in [0.05, 0.1) is 5.60 Å². The van der Waals surface area contributed by atoms with E-state index in [0.717, 1.165) is 31.2 Å². The lowest BCUT2D eigenvalue weighted by Crippen LogP contribution is -2.67. The quantitative estimate of drug-likeness (QED) is 0.856. The third-order valence-electron chi connectivity index (χ3n) is 7.00. The van der Waals surface area contributed by atoms with Gasteiger partial charge in [-0.3, -0.25) is 4.79 Å². The summed E-state index contributed by atoms with van der Waals surface area (Å²) >= 11 is 0. The van der Waals surface area contributed by atoms with Gasteiger partial charge in [0, 0.05) is 35.6 Å². The van der Waals surface area contributed by atoms with E-state index in [1.54, 1.807) is 0 Å². The van der Waals surface area contributed by atoms with Crippen LogP contribution < -0.4 is 0 Å². The van der Waals surface area contributed by atoms with Crippen LogP contribution in [0.4, 0.5) is 0 Å². The maximum Gasteiger partial charge on any atom is 0.223 e. The van der Waals surface area contributed by atoms with Crippen LogP contribution >= 0.6 is 0 Å². The molecule has 2 saturated carbocycles. The fourth-order valence-electron chi connectivity index (χ4n) is 5.49. The Balaban J connectivity index is 1.40. The number of aliphatic hydroxyl groups is 1. The number of amides is 1. The number of para-hydroxylation sites is 1. The minimum atomic E-state index is -0.491. The molecule has 0 radical (unpaired) electrons. The maximum atomic E-state index is 13.3. The highest BCUT2D eigenvalue weighted by atomic mass is 16.3. The van der Waals surface area contributed by atoms with E-state index in [-0.39, 0.29) is 12.1 Å². The third-order valence-corrected chi connectivity index (χ3v) is 7.00. The molecule has 2 bridgehead atoms. The molecule has 26 heavy (non-hydrogen) atoms. The van der Waals surface area contributed by atoms with E-state index in [1.807, 2.05) is 0 Å². The number of hydrogen-bond acceptors (Lipinski definition) is 2. The molecular weight excluding hydrogens is 324 g/mol. The molecule has 4 heteroatoms. The second-order valence-corrected chi connectivity index (χ2v) is 8.79. The molecule has 1 aromatic carbocycles. The lowest BCUT2D eigenvalue weighted by molar-refractivity contribution is -0.179. The second kappa shape index (κ2) is 5.85. The Bertz CT molecular complexity index is 832. The number of fused-ring (bicyclic) bond motifs is 3. The van der Waals surface area contributed by atoms with E-state index in [2.05, 4.69) is 47.3 Å². The highest BCUT2D eigenvalue weighted by Crippen LogP contribution is 2.50. The van der Waals surface area contributed by atoms with Crippen LogP contribution in [0.15, 0.2) is 30.5 Å². The molecule has 3 heterocycles. The van der Waals surface area contributed by atoms with Crippen molar-refractivity contribution in [1.82, 2.24) is 9.88 Å². The Hall–Kier alpha value is -1.81. The van der Waals surface area contributed by atoms with Crippen LogP contribution in [0.25, 0.3) is 10.9 Å². The number of aromatic nitrogens is 1. The van der Waals surface area contributed by atoms with E-state index in [0.29, 0.717) is 24.2 Å². The first-order valence-electron chi connectivity index (χ1n) is 10.2. The molecule has 1 aromatic heterocycles. The highest BCUT2D eigenvalue weighted by molar-refractivity contribution is 5.85. The van der Waals surface area contributed by atoms with Crippen LogP contribution in [0.2, 0.25) is 0 Å². The van der Waals surface area contributed by atoms with Gasteiger partial charge in [0.25, 0.3) is 0 Å². The zero-order chi connectivity index (χ0) is 17.9. The van der Waals surface area contributed by atoms with Crippen molar-refractivity contribution in [3.63, 3.8) is 0 Å². The molecule has 2 aromatic rings.